The molecule has 8 heavy (non-hydrogen) atoms. The molecule has 0 heterocycles. The van der Waals surface area contributed by atoms with Gasteiger partial charge in [-0.15, -0.1) is 0 Å². The van der Waals surface area contributed by atoms with Crippen molar-refractivity contribution < 1.29 is 0 Å². The summed E-state index contributed by atoms with van der Waals surface area (Å²) in [5.41, 5.74) is 0. The van der Waals surface area contributed by atoms with Crippen LogP contribution in [0.15, 0.2) is 5.18 Å². The Hall–Kier alpha value is 0.0800. The molecule has 0 amide bonds. The van der Waals surface area contributed by atoms with Crippen LogP contribution in [0.5, 0.6) is 0 Å². The molecule has 0 saturated heterocycles. The van der Waals surface area contributed by atoms with Gasteiger partial charge in [-0.1, -0.05) is 21.1 Å². The van der Waals surface area contributed by atoms with E-state index in [1.54, 1.807) is 6.92 Å². The Labute approximate surface area is 57.8 Å². The van der Waals surface area contributed by atoms with Crippen molar-refractivity contribution in [3.63, 3.8) is 0 Å². The molecule has 0 aliphatic carbocycles. The molecule has 0 aliphatic heterocycles. The molecule has 0 aliphatic rings. The lowest BCUT2D eigenvalue weighted by molar-refractivity contribution is 0.588. The first-order valence-electron chi connectivity index (χ1n) is 2.50. The Morgan fingerprint density at radius 1 is 1.62 bits per heavy atom. The van der Waals surface area contributed by atoms with Gasteiger partial charge in [-0.3, -0.25) is 0 Å². The zero-order valence-electron chi connectivity index (χ0n) is 5.31. The zero-order chi connectivity index (χ0) is 6.78. The van der Waals surface area contributed by atoms with Crippen LogP contribution in [0.2, 0.25) is 0 Å². The monoisotopic (exact) mass is 179 g/mol. The zero-order valence-corrected chi connectivity index (χ0v) is 6.90. The average molecular weight is 180 g/mol. The lowest BCUT2D eigenvalue weighted by Crippen LogP contribution is -2.23. The molecular weight excluding hydrogens is 170 g/mol. The quantitative estimate of drug-likeness (QED) is 0.473. The highest BCUT2D eigenvalue weighted by Gasteiger charge is 2.22. The van der Waals surface area contributed by atoms with Crippen LogP contribution in [0, 0.1) is 4.91 Å². The molecule has 0 spiro atoms. The average Bonchev–Trinajstić information content (AvgIpc) is 1.62. The molecule has 0 radical (unpaired) electrons. The molecule has 2 nitrogen and oxygen atoms in total. The second kappa shape index (κ2) is 2.58. The van der Waals surface area contributed by atoms with Crippen molar-refractivity contribution in [2.75, 3.05) is 0 Å². The van der Waals surface area contributed by atoms with Crippen LogP contribution in [0.1, 0.15) is 20.8 Å². The molecule has 0 N–H and O–H groups in total. The molecular formula is C5H10BrNO. The van der Waals surface area contributed by atoms with Crippen LogP contribution in [-0.4, -0.2) is 10.4 Å². The summed E-state index contributed by atoms with van der Waals surface area (Å²) in [7, 11) is 0. The van der Waals surface area contributed by atoms with Crippen LogP contribution in [0.25, 0.3) is 0 Å². The SMILES string of the molecule is CC(N=O)C(C)(C)Br. The van der Waals surface area contributed by atoms with E-state index in [2.05, 4.69) is 21.1 Å². The van der Waals surface area contributed by atoms with Crippen molar-refractivity contribution in [2.45, 2.75) is 31.1 Å². The van der Waals surface area contributed by atoms with Crippen LogP contribution >= 0.6 is 15.9 Å². The van der Waals surface area contributed by atoms with Crippen LogP contribution in [0.4, 0.5) is 0 Å². The van der Waals surface area contributed by atoms with Crippen molar-refractivity contribution in [1.82, 2.24) is 0 Å². The Bertz CT molecular complexity index is 86.9. The molecule has 3 heteroatoms. The summed E-state index contributed by atoms with van der Waals surface area (Å²) < 4.78 is -0.158. The number of alkyl halides is 1. The van der Waals surface area contributed by atoms with Gasteiger partial charge in [0.05, 0.1) is 0 Å². The maximum absolute atomic E-state index is 9.87. The Balaban J connectivity index is 3.80. The minimum atomic E-state index is -0.164. The van der Waals surface area contributed by atoms with Gasteiger partial charge in [0.25, 0.3) is 0 Å². The second-order valence-electron chi connectivity index (χ2n) is 2.35. The van der Waals surface area contributed by atoms with Crippen molar-refractivity contribution in [2.24, 2.45) is 5.18 Å². The molecule has 48 valence electrons. The topological polar surface area (TPSA) is 29.4 Å². The van der Waals surface area contributed by atoms with Gasteiger partial charge in [0.15, 0.2) is 0 Å². The first-order valence-corrected chi connectivity index (χ1v) is 3.29. The van der Waals surface area contributed by atoms with Crippen molar-refractivity contribution >= 4 is 15.9 Å². The lowest BCUT2D eigenvalue weighted by Gasteiger charge is -2.17. The maximum Gasteiger partial charge on any atom is 0.104 e. The van der Waals surface area contributed by atoms with Crippen molar-refractivity contribution in [1.29, 1.82) is 0 Å². The Kier molecular flexibility index (Phi) is 2.60. The van der Waals surface area contributed by atoms with E-state index < -0.39 is 0 Å². The van der Waals surface area contributed by atoms with Crippen LogP contribution in [0.3, 0.4) is 0 Å². The number of hydrogen-bond donors (Lipinski definition) is 0. The van der Waals surface area contributed by atoms with Crippen molar-refractivity contribution in [3.8, 4) is 0 Å². The van der Waals surface area contributed by atoms with Gasteiger partial charge in [0.2, 0.25) is 0 Å². The third-order valence-electron chi connectivity index (χ3n) is 1.15. The summed E-state index contributed by atoms with van der Waals surface area (Å²) >= 11 is 3.31. The van der Waals surface area contributed by atoms with Gasteiger partial charge >= 0.3 is 0 Å². The lowest BCUT2D eigenvalue weighted by atomic mass is 10.1. The third-order valence-corrected chi connectivity index (χ3v) is 1.81. The third kappa shape index (κ3) is 2.40. The molecule has 1 atom stereocenters. The fourth-order valence-corrected chi connectivity index (χ4v) is 0.209. The Morgan fingerprint density at radius 2 is 2.00 bits per heavy atom. The minimum Gasteiger partial charge on any atom is -0.150 e. The van der Waals surface area contributed by atoms with E-state index in [1.807, 2.05) is 13.8 Å². The van der Waals surface area contributed by atoms with Crippen LogP contribution < -0.4 is 0 Å². The first-order chi connectivity index (χ1) is 3.48. The highest BCUT2D eigenvalue weighted by Crippen LogP contribution is 2.22. The normalized spacial score (nSPS) is 15.5. The van der Waals surface area contributed by atoms with Crippen LogP contribution in [-0.2, 0) is 0 Å². The van der Waals surface area contributed by atoms with E-state index in [-0.39, 0.29) is 10.4 Å². The fraction of sp³-hybridized carbons (Fsp3) is 1.00. The molecule has 1 unspecified atom stereocenters. The molecule has 0 aromatic carbocycles. The van der Waals surface area contributed by atoms with E-state index in [9.17, 15) is 4.91 Å². The van der Waals surface area contributed by atoms with Crippen molar-refractivity contribution in [3.05, 3.63) is 4.91 Å². The molecule has 0 rings (SSSR count). The largest absolute Gasteiger partial charge is 0.150 e. The predicted octanol–water partition coefficient (Wildman–Crippen LogP) is 2.31. The van der Waals surface area contributed by atoms with Gasteiger partial charge in [0.1, 0.15) is 6.04 Å². The maximum atomic E-state index is 9.87. The molecule has 0 bridgehead atoms. The smallest absolute Gasteiger partial charge is 0.104 e. The van der Waals surface area contributed by atoms with Gasteiger partial charge in [0, 0.05) is 4.32 Å². The summed E-state index contributed by atoms with van der Waals surface area (Å²) in [4.78, 5) is 9.87. The van der Waals surface area contributed by atoms with Gasteiger partial charge in [-0.2, -0.15) is 4.91 Å². The van der Waals surface area contributed by atoms with E-state index in [4.69, 9.17) is 0 Å². The number of rotatable bonds is 2. The van der Waals surface area contributed by atoms with Gasteiger partial charge in [-0.25, -0.2) is 0 Å². The Morgan fingerprint density at radius 3 is 2.00 bits per heavy atom. The molecule has 0 saturated carbocycles. The summed E-state index contributed by atoms with van der Waals surface area (Å²) in [5.74, 6) is 0. The van der Waals surface area contributed by atoms with Gasteiger partial charge in [-0.05, 0) is 20.8 Å². The number of nitroso groups, excluding NO2 is 1. The van der Waals surface area contributed by atoms with E-state index >= 15 is 0 Å². The molecule has 0 fully saturated rings. The first kappa shape index (κ1) is 8.08. The number of nitrogens with zero attached hydrogens (tertiary/aromatic N) is 1. The number of hydrogen-bond acceptors (Lipinski definition) is 2. The standard InChI is InChI=1S/C5H10BrNO/c1-4(7-8)5(2,3)6/h4H,1-3H3. The van der Waals surface area contributed by atoms with E-state index in [0.717, 1.165) is 0 Å². The fourth-order valence-electron chi connectivity index (χ4n) is 0.125. The summed E-state index contributed by atoms with van der Waals surface area (Å²) in [5, 5.41) is 2.86. The highest BCUT2D eigenvalue weighted by molar-refractivity contribution is 9.10. The minimum absolute atomic E-state index is 0.158. The number of halogens is 1. The molecule has 0 aromatic heterocycles. The summed E-state index contributed by atoms with van der Waals surface area (Å²) in [6.45, 7) is 5.61. The van der Waals surface area contributed by atoms with E-state index in [1.165, 1.54) is 0 Å². The summed E-state index contributed by atoms with van der Waals surface area (Å²) in [6, 6.07) is -0.164. The van der Waals surface area contributed by atoms with E-state index in [0.29, 0.717) is 0 Å². The highest BCUT2D eigenvalue weighted by atomic mass is 79.9. The second-order valence-corrected chi connectivity index (χ2v) is 4.39. The molecule has 0 aromatic rings. The summed E-state index contributed by atoms with van der Waals surface area (Å²) in [6.07, 6.45) is 0. The van der Waals surface area contributed by atoms with Gasteiger partial charge < -0.3 is 0 Å². The predicted molar refractivity (Wildman–Crippen MR) is 38.3 cm³/mol.